The van der Waals surface area contributed by atoms with Crippen molar-refractivity contribution in [3.05, 3.63) is 54.6 Å². The molecule has 0 spiro atoms. The number of benzene rings is 2. The summed E-state index contributed by atoms with van der Waals surface area (Å²) in [4.78, 5) is 2.81. The lowest BCUT2D eigenvalue weighted by Gasteiger charge is -2.11. The Morgan fingerprint density at radius 1 is 1.00 bits per heavy atom. The van der Waals surface area contributed by atoms with Gasteiger partial charge in [-0.1, -0.05) is 29.5 Å². The van der Waals surface area contributed by atoms with Crippen LogP contribution in [0.2, 0.25) is 0 Å². The van der Waals surface area contributed by atoms with Crippen LogP contribution in [0.4, 0.5) is 5.69 Å². The Balaban J connectivity index is 1.58. The van der Waals surface area contributed by atoms with Gasteiger partial charge >= 0.3 is 0 Å². The van der Waals surface area contributed by atoms with E-state index >= 15 is 0 Å². The van der Waals surface area contributed by atoms with Crippen molar-refractivity contribution >= 4 is 33.0 Å². The average Bonchev–Trinajstić information content (AvgIpc) is 3.34. The van der Waals surface area contributed by atoms with Crippen molar-refractivity contribution in [2.45, 2.75) is 0 Å². The quantitative estimate of drug-likeness (QED) is 0.479. The van der Waals surface area contributed by atoms with E-state index in [0.717, 1.165) is 32.2 Å². The van der Waals surface area contributed by atoms with E-state index in [-0.39, 0.29) is 0 Å². The Bertz CT molecular complexity index is 1180. The van der Waals surface area contributed by atoms with Crippen LogP contribution in [0.3, 0.4) is 0 Å². The van der Waals surface area contributed by atoms with Crippen LogP contribution in [0.15, 0.2) is 59.0 Å². The maximum Gasteiger partial charge on any atom is 0.235 e. The number of nitrogens with zero attached hydrogens (tertiary/aromatic N) is 5. The van der Waals surface area contributed by atoms with Gasteiger partial charge in [0.2, 0.25) is 10.8 Å². The van der Waals surface area contributed by atoms with Gasteiger partial charge in [-0.3, -0.25) is 0 Å². The minimum absolute atomic E-state index is 0.614. The summed E-state index contributed by atoms with van der Waals surface area (Å²) < 4.78 is 7.66. The van der Waals surface area contributed by atoms with Crippen molar-refractivity contribution in [2.75, 3.05) is 19.0 Å². The molecule has 6 nitrogen and oxygen atoms in total. The van der Waals surface area contributed by atoms with Gasteiger partial charge in [0.15, 0.2) is 5.76 Å². The van der Waals surface area contributed by atoms with Crippen LogP contribution in [0.5, 0.6) is 0 Å². The predicted molar refractivity (Wildman–Crippen MR) is 104 cm³/mol. The molecule has 0 saturated carbocycles. The Hall–Kier alpha value is -3.19. The Morgan fingerprint density at radius 2 is 1.81 bits per heavy atom. The van der Waals surface area contributed by atoms with Crippen molar-refractivity contribution in [1.29, 1.82) is 0 Å². The van der Waals surface area contributed by atoms with Gasteiger partial charge < -0.3 is 9.32 Å². The van der Waals surface area contributed by atoms with Crippen molar-refractivity contribution in [3.8, 4) is 22.2 Å². The normalized spacial score (nSPS) is 11.5. The second-order valence-corrected chi connectivity index (χ2v) is 7.17. The van der Waals surface area contributed by atoms with E-state index in [1.54, 1.807) is 4.52 Å². The molecule has 128 valence electrons. The molecular formula is C19H15N5OS. The molecular weight excluding hydrogens is 346 g/mol. The fourth-order valence-electron chi connectivity index (χ4n) is 2.88. The second kappa shape index (κ2) is 5.67. The summed E-state index contributed by atoms with van der Waals surface area (Å²) in [5.74, 6) is 1.28. The maximum atomic E-state index is 5.91. The molecule has 5 rings (SSSR count). The van der Waals surface area contributed by atoms with Gasteiger partial charge in [0, 0.05) is 30.7 Å². The van der Waals surface area contributed by atoms with E-state index in [1.165, 1.54) is 11.3 Å². The van der Waals surface area contributed by atoms with Crippen LogP contribution in [-0.4, -0.2) is 33.9 Å². The van der Waals surface area contributed by atoms with E-state index in [0.29, 0.717) is 11.6 Å². The number of hydrogen-bond donors (Lipinski definition) is 0. The van der Waals surface area contributed by atoms with E-state index in [2.05, 4.69) is 39.4 Å². The first-order valence-electron chi connectivity index (χ1n) is 8.18. The second-order valence-electron chi connectivity index (χ2n) is 6.21. The van der Waals surface area contributed by atoms with Crippen LogP contribution in [0, 0.1) is 0 Å². The lowest BCUT2D eigenvalue weighted by atomic mass is 10.2. The standard InChI is InChI=1S/C19H15N5OS/c1-23(2)14-9-7-12(8-10-14)18-22-24-17(20-21-19(24)26-18)16-11-13-5-3-4-6-15(13)25-16/h3-11H,1-2H3. The summed E-state index contributed by atoms with van der Waals surface area (Å²) in [6, 6.07) is 18.2. The van der Waals surface area contributed by atoms with Crippen molar-refractivity contribution in [3.63, 3.8) is 0 Å². The van der Waals surface area contributed by atoms with Gasteiger partial charge in [0.25, 0.3) is 0 Å². The van der Waals surface area contributed by atoms with Gasteiger partial charge in [-0.2, -0.15) is 9.61 Å². The predicted octanol–water partition coefficient (Wildman–Crippen LogP) is 4.33. The molecule has 0 saturated heterocycles. The fraction of sp³-hybridized carbons (Fsp3) is 0.105. The molecule has 7 heteroatoms. The highest BCUT2D eigenvalue weighted by Gasteiger charge is 2.17. The summed E-state index contributed by atoms with van der Waals surface area (Å²) in [5, 5.41) is 15.1. The summed E-state index contributed by atoms with van der Waals surface area (Å²) in [5.41, 5.74) is 3.04. The first-order valence-corrected chi connectivity index (χ1v) is 9.00. The molecule has 0 aliphatic rings. The van der Waals surface area contributed by atoms with Gasteiger partial charge in [0.05, 0.1) is 0 Å². The minimum Gasteiger partial charge on any atom is -0.453 e. The molecule has 0 atom stereocenters. The lowest BCUT2D eigenvalue weighted by Crippen LogP contribution is -2.07. The first kappa shape index (κ1) is 15.1. The molecule has 0 amide bonds. The van der Waals surface area contributed by atoms with E-state index < -0.39 is 0 Å². The number of aromatic nitrogens is 4. The largest absolute Gasteiger partial charge is 0.453 e. The maximum absolute atomic E-state index is 5.91. The number of hydrogen-bond acceptors (Lipinski definition) is 6. The molecule has 26 heavy (non-hydrogen) atoms. The number of anilines is 1. The highest BCUT2D eigenvalue weighted by atomic mass is 32.1. The van der Waals surface area contributed by atoms with Crippen molar-refractivity contribution in [2.24, 2.45) is 0 Å². The Morgan fingerprint density at radius 3 is 2.58 bits per heavy atom. The Labute approximate surface area is 153 Å². The van der Waals surface area contributed by atoms with Crippen LogP contribution < -0.4 is 4.90 Å². The van der Waals surface area contributed by atoms with E-state index in [1.807, 2.05) is 44.4 Å². The third-order valence-electron chi connectivity index (χ3n) is 4.27. The minimum atomic E-state index is 0.614. The zero-order chi connectivity index (χ0) is 17.7. The number of fused-ring (bicyclic) bond motifs is 2. The summed E-state index contributed by atoms with van der Waals surface area (Å²) >= 11 is 1.51. The van der Waals surface area contributed by atoms with Crippen molar-refractivity contribution in [1.82, 2.24) is 19.8 Å². The van der Waals surface area contributed by atoms with Crippen LogP contribution in [-0.2, 0) is 0 Å². The smallest absolute Gasteiger partial charge is 0.235 e. The SMILES string of the molecule is CN(C)c1ccc(-c2nn3c(-c4cc5ccccc5o4)nnc3s2)cc1. The molecule has 3 heterocycles. The Kier molecular flexibility index (Phi) is 3.29. The number of para-hydroxylation sites is 1. The summed E-state index contributed by atoms with van der Waals surface area (Å²) in [7, 11) is 4.05. The molecule has 0 aliphatic carbocycles. The lowest BCUT2D eigenvalue weighted by molar-refractivity contribution is 0.622. The third kappa shape index (κ3) is 2.36. The van der Waals surface area contributed by atoms with Crippen LogP contribution >= 0.6 is 11.3 Å². The highest BCUT2D eigenvalue weighted by Crippen LogP contribution is 2.31. The van der Waals surface area contributed by atoms with Crippen LogP contribution in [0.1, 0.15) is 0 Å². The van der Waals surface area contributed by atoms with Crippen molar-refractivity contribution < 1.29 is 4.42 Å². The molecule has 0 radical (unpaired) electrons. The monoisotopic (exact) mass is 361 g/mol. The topological polar surface area (TPSA) is 59.5 Å². The molecule has 3 aromatic heterocycles. The van der Waals surface area contributed by atoms with Gasteiger partial charge in [-0.25, -0.2) is 0 Å². The average molecular weight is 361 g/mol. The molecule has 2 aromatic carbocycles. The number of rotatable bonds is 3. The molecule has 0 aliphatic heterocycles. The third-order valence-corrected chi connectivity index (χ3v) is 5.22. The summed E-state index contributed by atoms with van der Waals surface area (Å²) in [6.07, 6.45) is 0. The molecule has 0 N–H and O–H groups in total. The number of furan rings is 1. The van der Waals surface area contributed by atoms with E-state index in [4.69, 9.17) is 9.52 Å². The molecule has 5 aromatic rings. The fourth-order valence-corrected chi connectivity index (χ4v) is 3.73. The zero-order valence-electron chi connectivity index (χ0n) is 14.2. The first-order chi connectivity index (χ1) is 12.7. The molecule has 0 bridgehead atoms. The van der Waals surface area contributed by atoms with E-state index in [9.17, 15) is 0 Å². The van der Waals surface area contributed by atoms with Gasteiger partial charge in [-0.15, -0.1) is 10.2 Å². The molecule has 0 fully saturated rings. The highest BCUT2D eigenvalue weighted by molar-refractivity contribution is 7.19. The van der Waals surface area contributed by atoms with Gasteiger partial charge in [0.1, 0.15) is 10.6 Å². The molecule has 0 unspecified atom stereocenters. The van der Waals surface area contributed by atoms with Gasteiger partial charge in [-0.05, 0) is 36.4 Å². The summed E-state index contributed by atoms with van der Waals surface area (Å²) in [6.45, 7) is 0. The zero-order valence-corrected chi connectivity index (χ0v) is 15.1. The van der Waals surface area contributed by atoms with Crippen LogP contribution in [0.25, 0.3) is 38.1 Å².